The highest BCUT2D eigenvalue weighted by molar-refractivity contribution is 5.76. The van der Waals surface area contributed by atoms with Crippen molar-refractivity contribution in [3.8, 4) is 5.75 Å². The lowest BCUT2D eigenvalue weighted by atomic mass is 10.1. The van der Waals surface area contributed by atoms with Crippen molar-refractivity contribution in [1.29, 1.82) is 0 Å². The number of hydrogen-bond acceptors (Lipinski definition) is 3. The van der Waals surface area contributed by atoms with Crippen LogP contribution < -0.4 is 4.74 Å². The molecule has 1 saturated heterocycles. The van der Waals surface area contributed by atoms with Gasteiger partial charge in [0, 0.05) is 25.9 Å². The lowest BCUT2D eigenvalue weighted by molar-refractivity contribution is -0.138. The van der Waals surface area contributed by atoms with Gasteiger partial charge in [0.15, 0.2) is 0 Å². The molecule has 4 nitrogen and oxygen atoms in total. The van der Waals surface area contributed by atoms with Gasteiger partial charge in [-0.15, -0.1) is 0 Å². The zero-order valence-electron chi connectivity index (χ0n) is 15.0. The molecule has 1 atom stereocenters. The fourth-order valence-corrected chi connectivity index (χ4v) is 3.15. The lowest BCUT2D eigenvalue weighted by Crippen LogP contribution is -2.46. The molecule has 2 aromatic rings. The number of carbonyl (C=O) groups is 1. The van der Waals surface area contributed by atoms with E-state index in [9.17, 15) is 9.18 Å². The van der Waals surface area contributed by atoms with Crippen molar-refractivity contribution in [3.63, 3.8) is 0 Å². The molecule has 0 bridgehead atoms. The molecule has 0 spiro atoms. The molecule has 1 aliphatic rings. The summed E-state index contributed by atoms with van der Waals surface area (Å²) >= 11 is 0. The molecule has 1 heterocycles. The maximum absolute atomic E-state index is 13.0. The smallest absolute Gasteiger partial charge is 0.223 e. The van der Waals surface area contributed by atoms with E-state index in [1.807, 2.05) is 29.2 Å². The molecule has 1 amide bonds. The summed E-state index contributed by atoms with van der Waals surface area (Å²) in [6, 6.07) is 14.2. The summed E-state index contributed by atoms with van der Waals surface area (Å²) in [6.07, 6.45) is 1.83. The highest BCUT2D eigenvalue weighted by Crippen LogP contribution is 2.16. The van der Waals surface area contributed by atoms with Crippen LogP contribution in [0.1, 0.15) is 17.5 Å². The molecule has 1 aliphatic heterocycles. The average molecular weight is 357 g/mol. The van der Waals surface area contributed by atoms with Gasteiger partial charge in [-0.2, -0.15) is 0 Å². The number of nitrogens with zero attached hydrogens (tertiary/aromatic N) is 1. The Hall–Kier alpha value is -2.40. The van der Waals surface area contributed by atoms with Crippen molar-refractivity contribution in [2.75, 3.05) is 26.8 Å². The van der Waals surface area contributed by atoms with Crippen LogP contribution >= 0.6 is 0 Å². The molecule has 0 N–H and O–H groups in total. The van der Waals surface area contributed by atoms with Gasteiger partial charge in [0.1, 0.15) is 11.6 Å². The Morgan fingerprint density at radius 2 is 1.85 bits per heavy atom. The number of carbonyl (C=O) groups excluding carboxylic acids is 1. The van der Waals surface area contributed by atoms with E-state index in [-0.39, 0.29) is 17.8 Å². The summed E-state index contributed by atoms with van der Waals surface area (Å²) in [5, 5.41) is 0. The van der Waals surface area contributed by atoms with Crippen LogP contribution in [0.2, 0.25) is 0 Å². The molecule has 2 aromatic carbocycles. The Labute approximate surface area is 153 Å². The normalized spacial score (nSPS) is 17.2. The number of methoxy groups -OCH3 is 1. The highest BCUT2D eigenvalue weighted by atomic mass is 19.1. The van der Waals surface area contributed by atoms with Crippen molar-refractivity contribution < 1.29 is 18.7 Å². The van der Waals surface area contributed by atoms with E-state index in [4.69, 9.17) is 9.47 Å². The predicted molar refractivity (Wildman–Crippen MR) is 97.7 cm³/mol. The van der Waals surface area contributed by atoms with Crippen LogP contribution in [0.5, 0.6) is 5.75 Å². The van der Waals surface area contributed by atoms with E-state index >= 15 is 0 Å². The minimum atomic E-state index is -0.242. The molecule has 5 heteroatoms. The third-order valence-electron chi connectivity index (χ3n) is 4.65. The maximum Gasteiger partial charge on any atom is 0.223 e. The van der Waals surface area contributed by atoms with Gasteiger partial charge >= 0.3 is 0 Å². The number of morpholine rings is 1. The van der Waals surface area contributed by atoms with Crippen LogP contribution in [-0.4, -0.2) is 43.7 Å². The molecular weight excluding hydrogens is 333 g/mol. The van der Waals surface area contributed by atoms with E-state index in [1.165, 1.54) is 12.1 Å². The second kappa shape index (κ2) is 8.81. The van der Waals surface area contributed by atoms with E-state index in [0.717, 1.165) is 16.9 Å². The van der Waals surface area contributed by atoms with Gasteiger partial charge in [-0.25, -0.2) is 4.39 Å². The van der Waals surface area contributed by atoms with Crippen molar-refractivity contribution >= 4 is 5.91 Å². The molecular formula is C21H24FNO3. The second-order valence-corrected chi connectivity index (χ2v) is 6.51. The highest BCUT2D eigenvalue weighted by Gasteiger charge is 2.24. The Kier molecular flexibility index (Phi) is 6.23. The van der Waals surface area contributed by atoms with E-state index in [0.29, 0.717) is 39.0 Å². The fraction of sp³-hybridized carbons (Fsp3) is 0.381. The number of ether oxygens (including phenoxy) is 2. The number of halogens is 1. The van der Waals surface area contributed by atoms with Gasteiger partial charge in [0.05, 0.1) is 19.8 Å². The number of aryl methyl sites for hydroxylation is 1. The summed E-state index contributed by atoms with van der Waals surface area (Å²) in [7, 11) is 1.64. The molecule has 0 saturated carbocycles. The first-order valence-electron chi connectivity index (χ1n) is 8.91. The molecule has 1 unspecified atom stereocenters. The van der Waals surface area contributed by atoms with Gasteiger partial charge in [0.2, 0.25) is 5.91 Å². The summed E-state index contributed by atoms with van der Waals surface area (Å²) < 4.78 is 23.9. The van der Waals surface area contributed by atoms with Crippen molar-refractivity contribution in [2.45, 2.75) is 25.4 Å². The Morgan fingerprint density at radius 1 is 1.15 bits per heavy atom. The second-order valence-electron chi connectivity index (χ2n) is 6.51. The standard InChI is InChI=1S/C21H24FNO3/c1-25-19-9-4-16(5-10-19)6-11-21(24)23-12-13-26-20(15-23)14-17-2-7-18(22)8-3-17/h2-5,7-10,20H,6,11-15H2,1H3. The van der Waals surface area contributed by atoms with Gasteiger partial charge in [-0.05, 0) is 41.8 Å². The summed E-state index contributed by atoms with van der Waals surface area (Å²) in [5.41, 5.74) is 2.14. The van der Waals surface area contributed by atoms with Gasteiger partial charge < -0.3 is 14.4 Å². The fourth-order valence-electron chi connectivity index (χ4n) is 3.15. The van der Waals surface area contributed by atoms with Crippen LogP contribution in [-0.2, 0) is 22.4 Å². The van der Waals surface area contributed by atoms with Gasteiger partial charge in [-0.3, -0.25) is 4.79 Å². The molecule has 26 heavy (non-hydrogen) atoms. The summed E-state index contributed by atoms with van der Waals surface area (Å²) in [6.45, 7) is 1.75. The van der Waals surface area contributed by atoms with Crippen LogP contribution in [0.4, 0.5) is 4.39 Å². The third-order valence-corrected chi connectivity index (χ3v) is 4.65. The largest absolute Gasteiger partial charge is 0.497 e. The topological polar surface area (TPSA) is 38.8 Å². The Bertz CT molecular complexity index is 715. The first-order valence-corrected chi connectivity index (χ1v) is 8.91. The van der Waals surface area contributed by atoms with Crippen LogP contribution in [0.25, 0.3) is 0 Å². The molecule has 0 aromatic heterocycles. The molecule has 3 rings (SSSR count). The predicted octanol–water partition coefficient (Wildman–Crippen LogP) is 3.24. The third kappa shape index (κ3) is 5.05. The van der Waals surface area contributed by atoms with Gasteiger partial charge in [0.25, 0.3) is 0 Å². The van der Waals surface area contributed by atoms with E-state index in [2.05, 4.69) is 0 Å². The minimum absolute atomic E-state index is 0.0425. The van der Waals surface area contributed by atoms with Crippen molar-refractivity contribution in [3.05, 3.63) is 65.5 Å². The summed E-state index contributed by atoms with van der Waals surface area (Å²) in [4.78, 5) is 14.4. The zero-order chi connectivity index (χ0) is 18.4. The maximum atomic E-state index is 13.0. The minimum Gasteiger partial charge on any atom is -0.497 e. The van der Waals surface area contributed by atoms with E-state index < -0.39 is 0 Å². The van der Waals surface area contributed by atoms with Crippen LogP contribution in [0.3, 0.4) is 0 Å². The number of benzene rings is 2. The van der Waals surface area contributed by atoms with Crippen LogP contribution in [0.15, 0.2) is 48.5 Å². The quantitative estimate of drug-likeness (QED) is 0.797. The first-order chi connectivity index (χ1) is 12.6. The number of rotatable bonds is 6. The SMILES string of the molecule is COc1ccc(CCC(=O)N2CCOC(Cc3ccc(F)cc3)C2)cc1. The van der Waals surface area contributed by atoms with Crippen molar-refractivity contribution in [2.24, 2.45) is 0 Å². The zero-order valence-corrected chi connectivity index (χ0v) is 15.0. The van der Waals surface area contributed by atoms with Crippen LogP contribution in [0, 0.1) is 5.82 Å². The molecule has 1 fully saturated rings. The van der Waals surface area contributed by atoms with Crippen molar-refractivity contribution in [1.82, 2.24) is 4.90 Å². The Morgan fingerprint density at radius 3 is 2.54 bits per heavy atom. The number of hydrogen-bond donors (Lipinski definition) is 0. The average Bonchev–Trinajstić information content (AvgIpc) is 2.68. The Balaban J connectivity index is 1.49. The van der Waals surface area contributed by atoms with Gasteiger partial charge in [-0.1, -0.05) is 24.3 Å². The lowest BCUT2D eigenvalue weighted by Gasteiger charge is -2.33. The molecule has 138 valence electrons. The van der Waals surface area contributed by atoms with E-state index in [1.54, 1.807) is 19.2 Å². The summed E-state index contributed by atoms with van der Waals surface area (Å²) in [5.74, 6) is 0.721. The first kappa shape index (κ1) is 18.4. The number of amides is 1. The molecule has 0 aliphatic carbocycles. The monoisotopic (exact) mass is 357 g/mol. The molecule has 0 radical (unpaired) electrons.